The van der Waals surface area contributed by atoms with Crippen molar-refractivity contribution in [2.75, 3.05) is 26.2 Å². The number of hydrogen-bond acceptors (Lipinski definition) is 5. The van der Waals surface area contributed by atoms with Gasteiger partial charge in [-0.05, 0) is 49.0 Å². The highest BCUT2D eigenvalue weighted by molar-refractivity contribution is 5.90. The summed E-state index contributed by atoms with van der Waals surface area (Å²) < 4.78 is 0. The normalized spacial score (nSPS) is 25.3. The van der Waals surface area contributed by atoms with Gasteiger partial charge >= 0.3 is 0 Å². The molecule has 2 fully saturated rings. The molecule has 4 N–H and O–H groups in total. The minimum atomic E-state index is -0.716. The predicted octanol–water partition coefficient (Wildman–Crippen LogP) is 2.32. The second-order valence-electron chi connectivity index (χ2n) is 9.49. The van der Waals surface area contributed by atoms with E-state index < -0.39 is 11.9 Å². The maximum Gasteiger partial charge on any atom is 0.244 e. The zero-order valence-electron chi connectivity index (χ0n) is 19.3. The number of nitrogens with two attached hydrogens (primary N) is 1. The second kappa shape index (κ2) is 11.0. The Labute approximate surface area is 196 Å². The van der Waals surface area contributed by atoms with Crippen LogP contribution in [0.25, 0.3) is 0 Å². The summed E-state index contributed by atoms with van der Waals surface area (Å²) in [5.41, 5.74) is 7.75. The first kappa shape index (κ1) is 23.5. The molecule has 7 heteroatoms. The number of piperazine rings is 1. The molecule has 1 aromatic carbocycles. The van der Waals surface area contributed by atoms with E-state index >= 15 is 0 Å². The third kappa shape index (κ3) is 6.03. The number of nitrogens with zero attached hydrogens (tertiary/aromatic N) is 2. The van der Waals surface area contributed by atoms with Crippen LogP contribution in [0.2, 0.25) is 0 Å². The number of phenolic OH excluding ortho intramolecular Hbond substituents is 1. The van der Waals surface area contributed by atoms with E-state index in [1.54, 1.807) is 12.1 Å². The van der Waals surface area contributed by atoms with E-state index in [9.17, 15) is 14.7 Å². The quantitative estimate of drug-likeness (QED) is 0.590. The molecule has 1 unspecified atom stereocenters. The Morgan fingerprint density at radius 3 is 2.48 bits per heavy atom. The van der Waals surface area contributed by atoms with Gasteiger partial charge in [-0.25, -0.2) is 0 Å². The number of benzene rings is 1. The minimum Gasteiger partial charge on any atom is -0.508 e. The molecule has 1 saturated carbocycles. The third-order valence-electron chi connectivity index (χ3n) is 7.27. The van der Waals surface area contributed by atoms with Gasteiger partial charge in [0.1, 0.15) is 11.8 Å². The number of aromatic hydroxyl groups is 1. The fourth-order valence-electron chi connectivity index (χ4n) is 5.42. The number of amides is 2. The summed E-state index contributed by atoms with van der Waals surface area (Å²) in [6, 6.07) is 6.90. The lowest BCUT2D eigenvalue weighted by Gasteiger charge is -2.44. The highest BCUT2D eigenvalue weighted by Crippen LogP contribution is 2.30. The Hall–Kier alpha value is -2.64. The van der Waals surface area contributed by atoms with E-state index in [1.807, 2.05) is 24.3 Å². The van der Waals surface area contributed by atoms with Crippen LogP contribution in [0.15, 0.2) is 48.1 Å². The highest BCUT2D eigenvalue weighted by atomic mass is 16.3. The molecule has 0 bridgehead atoms. The summed E-state index contributed by atoms with van der Waals surface area (Å²) in [6.45, 7) is 4.64. The van der Waals surface area contributed by atoms with E-state index in [4.69, 9.17) is 5.73 Å². The van der Waals surface area contributed by atoms with Crippen molar-refractivity contribution in [3.63, 3.8) is 0 Å². The summed E-state index contributed by atoms with van der Waals surface area (Å²) in [5, 5.41) is 12.5. The Balaban J connectivity index is 1.35. The van der Waals surface area contributed by atoms with Gasteiger partial charge in [-0.15, -0.1) is 0 Å². The van der Waals surface area contributed by atoms with Gasteiger partial charge < -0.3 is 16.2 Å². The largest absolute Gasteiger partial charge is 0.508 e. The zero-order chi connectivity index (χ0) is 23.2. The molecule has 2 amide bonds. The van der Waals surface area contributed by atoms with Crippen molar-refractivity contribution in [3.05, 3.63) is 53.6 Å². The summed E-state index contributed by atoms with van der Waals surface area (Å²) >= 11 is 0. The maximum absolute atomic E-state index is 13.3. The fourth-order valence-corrected chi connectivity index (χ4v) is 5.42. The third-order valence-corrected chi connectivity index (χ3v) is 7.27. The number of allylic oxidation sites excluding steroid dienone is 3. The van der Waals surface area contributed by atoms with Gasteiger partial charge in [0, 0.05) is 38.8 Å². The number of carbonyl (C=O) groups excluding carboxylic acids is 2. The Morgan fingerprint density at radius 2 is 1.82 bits per heavy atom. The molecule has 0 aromatic heterocycles. The standard InChI is InChI=1S/C26H36N4O3/c27-25(32)24(20-6-2-1-3-7-20)28-26(33)22-8-4-5-9-23(22)30-16-14-29(15-17-30)18-19-10-12-21(31)13-11-19/h1-2,6,10-13,22-24,31H,3-5,7-9,14-18H2,(H2,27,32)(H,28,33)/t22-,23-,24?/m1/s1. The van der Waals surface area contributed by atoms with E-state index in [0.29, 0.717) is 5.75 Å². The van der Waals surface area contributed by atoms with Crippen molar-refractivity contribution >= 4 is 11.8 Å². The lowest BCUT2D eigenvalue weighted by Crippen LogP contribution is -2.57. The number of primary amides is 1. The fraction of sp³-hybridized carbons (Fsp3) is 0.538. The molecule has 0 radical (unpaired) electrons. The van der Waals surface area contributed by atoms with Crippen LogP contribution in [-0.4, -0.2) is 65.0 Å². The molecule has 1 aromatic rings. The minimum absolute atomic E-state index is 0.0366. The maximum atomic E-state index is 13.3. The Morgan fingerprint density at radius 1 is 1.09 bits per heavy atom. The Bertz CT molecular complexity index is 887. The van der Waals surface area contributed by atoms with Crippen LogP contribution in [0.3, 0.4) is 0 Å². The number of phenols is 1. The van der Waals surface area contributed by atoms with Crippen molar-refractivity contribution < 1.29 is 14.7 Å². The summed E-state index contributed by atoms with van der Waals surface area (Å²) in [6.07, 6.45) is 11.6. The van der Waals surface area contributed by atoms with Crippen molar-refractivity contribution in [3.8, 4) is 5.75 Å². The van der Waals surface area contributed by atoms with Crippen LogP contribution < -0.4 is 11.1 Å². The van der Waals surface area contributed by atoms with Gasteiger partial charge in [-0.3, -0.25) is 19.4 Å². The molecular formula is C26H36N4O3. The molecule has 2 aliphatic carbocycles. The first-order chi connectivity index (χ1) is 16.0. The average Bonchev–Trinajstić information content (AvgIpc) is 2.84. The van der Waals surface area contributed by atoms with Crippen LogP contribution in [-0.2, 0) is 16.1 Å². The van der Waals surface area contributed by atoms with Gasteiger partial charge in [0.05, 0.1) is 5.92 Å². The monoisotopic (exact) mass is 452 g/mol. The van der Waals surface area contributed by atoms with Gasteiger partial charge in [-0.2, -0.15) is 0 Å². The zero-order valence-corrected chi connectivity index (χ0v) is 19.3. The van der Waals surface area contributed by atoms with Gasteiger partial charge in [-0.1, -0.05) is 43.2 Å². The first-order valence-electron chi connectivity index (χ1n) is 12.2. The molecule has 3 atom stereocenters. The molecule has 7 nitrogen and oxygen atoms in total. The van der Waals surface area contributed by atoms with Crippen LogP contribution in [0.1, 0.15) is 44.1 Å². The molecule has 178 valence electrons. The lowest BCUT2D eigenvalue weighted by molar-refractivity contribution is -0.132. The predicted molar refractivity (Wildman–Crippen MR) is 128 cm³/mol. The molecule has 0 spiro atoms. The number of nitrogens with one attached hydrogen (secondary N) is 1. The summed E-state index contributed by atoms with van der Waals surface area (Å²) in [4.78, 5) is 30.3. The van der Waals surface area contributed by atoms with Crippen molar-refractivity contribution in [1.82, 2.24) is 15.1 Å². The van der Waals surface area contributed by atoms with Crippen LogP contribution in [0.5, 0.6) is 5.75 Å². The first-order valence-corrected chi connectivity index (χ1v) is 12.2. The smallest absolute Gasteiger partial charge is 0.244 e. The van der Waals surface area contributed by atoms with Crippen molar-refractivity contribution in [1.29, 1.82) is 0 Å². The second-order valence-corrected chi connectivity index (χ2v) is 9.49. The summed E-state index contributed by atoms with van der Waals surface area (Å²) in [7, 11) is 0. The molecular weight excluding hydrogens is 416 g/mol. The van der Waals surface area contributed by atoms with Gasteiger partial charge in [0.25, 0.3) is 0 Å². The average molecular weight is 453 g/mol. The molecule has 1 heterocycles. The van der Waals surface area contributed by atoms with E-state index in [2.05, 4.69) is 21.2 Å². The van der Waals surface area contributed by atoms with Crippen LogP contribution >= 0.6 is 0 Å². The molecule has 4 rings (SSSR count). The molecule has 1 aliphatic heterocycles. The number of rotatable bonds is 7. The molecule has 33 heavy (non-hydrogen) atoms. The van der Waals surface area contributed by atoms with Crippen molar-refractivity contribution in [2.45, 2.75) is 57.2 Å². The van der Waals surface area contributed by atoms with Gasteiger partial charge in [0.15, 0.2) is 0 Å². The van der Waals surface area contributed by atoms with E-state index in [1.165, 1.54) is 5.56 Å². The SMILES string of the molecule is NC(=O)C(NC(=O)[C@@H]1CCCC[C@H]1N1CCN(Cc2ccc(O)cc2)CC1)C1=CC=CCC1. The Kier molecular flexibility index (Phi) is 7.83. The molecule has 3 aliphatic rings. The van der Waals surface area contributed by atoms with Crippen LogP contribution in [0, 0.1) is 5.92 Å². The van der Waals surface area contributed by atoms with Gasteiger partial charge in [0.2, 0.25) is 11.8 Å². The topological polar surface area (TPSA) is 98.9 Å². The molecule has 1 saturated heterocycles. The number of hydrogen-bond donors (Lipinski definition) is 3. The summed E-state index contributed by atoms with van der Waals surface area (Å²) in [5.74, 6) is -0.338. The van der Waals surface area contributed by atoms with Crippen molar-refractivity contribution in [2.24, 2.45) is 11.7 Å². The lowest BCUT2D eigenvalue weighted by atomic mass is 9.82. The highest BCUT2D eigenvalue weighted by Gasteiger charge is 2.37. The van der Waals surface area contributed by atoms with E-state index in [-0.39, 0.29) is 17.9 Å². The number of carbonyl (C=O) groups is 2. The van der Waals surface area contributed by atoms with E-state index in [0.717, 1.165) is 76.8 Å². The van der Waals surface area contributed by atoms with Crippen LogP contribution in [0.4, 0.5) is 0 Å².